The number of amides is 1. The second-order valence-corrected chi connectivity index (χ2v) is 5.88. The first-order valence-corrected chi connectivity index (χ1v) is 8.41. The van der Waals surface area contributed by atoms with Crippen molar-refractivity contribution >= 4 is 22.6 Å². The molecule has 0 fully saturated rings. The van der Waals surface area contributed by atoms with Gasteiger partial charge in [0.05, 0.1) is 13.2 Å². The number of nitrogens with one attached hydrogen (secondary N) is 1. The standard InChI is InChI=1S/C20H19N3O4/c1-13(14-8-4-3-5-9-14)21-17(24)12-27-19-16-11-7-6-10-15(16)18(22-23-19)20(25)26-2/h3-11,13H,12H2,1-2H3,(H,21,24)/t13-/m0/s1. The van der Waals surface area contributed by atoms with Gasteiger partial charge in [0.15, 0.2) is 12.3 Å². The Morgan fingerprint density at radius 1 is 1.00 bits per heavy atom. The molecule has 138 valence electrons. The largest absolute Gasteiger partial charge is 0.466 e. The van der Waals surface area contributed by atoms with Crippen LogP contribution in [0.15, 0.2) is 54.6 Å². The van der Waals surface area contributed by atoms with Gasteiger partial charge in [-0.3, -0.25) is 4.79 Å². The van der Waals surface area contributed by atoms with Crippen molar-refractivity contribution < 1.29 is 19.1 Å². The van der Waals surface area contributed by atoms with Gasteiger partial charge in [-0.15, -0.1) is 10.2 Å². The van der Waals surface area contributed by atoms with Gasteiger partial charge in [-0.25, -0.2) is 4.79 Å². The van der Waals surface area contributed by atoms with Crippen LogP contribution in [-0.4, -0.2) is 35.8 Å². The highest BCUT2D eigenvalue weighted by molar-refractivity contribution is 6.03. The first kappa shape index (κ1) is 18.3. The molecule has 0 radical (unpaired) electrons. The summed E-state index contributed by atoms with van der Waals surface area (Å²) in [5.41, 5.74) is 1.10. The second kappa shape index (κ2) is 8.27. The molecule has 7 heteroatoms. The van der Waals surface area contributed by atoms with Crippen LogP contribution in [0.4, 0.5) is 0 Å². The van der Waals surface area contributed by atoms with Gasteiger partial charge in [0.25, 0.3) is 5.91 Å². The number of carbonyl (C=O) groups excluding carboxylic acids is 2. The van der Waals surface area contributed by atoms with Crippen LogP contribution in [0.5, 0.6) is 5.88 Å². The molecule has 0 bridgehead atoms. The van der Waals surface area contributed by atoms with E-state index in [4.69, 9.17) is 9.47 Å². The summed E-state index contributed by atoms with van der Waals surface area (Å²) in [5.74, 6) is -0.685. The Bertz CT molecular complexity index is 960. The van der Waals surface area contributed by atoms with Gasteiger partial charge < -0.3 is 14.8 Å². The van der Waals surface area contributed by atoms with Crippen LogP contribution in [0.1, 0.15) is 29.0 Å². The third kappa shape index (κ3) is 4.20. The van der Waals surface area contributed by atoms with Crippen molar-refractivity contribution in [1.82, 2.24) is 15.5 Å². The van der Waals surface area contributed by atoms with Gasteiger partial charge in [0, 0.05) is 10.8 Å². The summed E-state index contributed by atoms with van der Waals surface area (Å²) in [6, 6.07) is 16.5. The minimum Gasteiger partial charge on any atom is -0.466 e. The predicted octanol–water partition coefficient (Wildman–Crippen LogP) is 2.67. The number of hydrogen-bond acceptors (Lipinski definition) is 6. The molecule has 0 saturated heterocycles. The second-order valence-electron chi connectivity index (χ2n) is 5.88. The predicted molar refractivity (Wildman–Crippen MR) is 99.4 cm³/mol. The summed E-state index contributed by atoms with van der Waals surface area (Å²) < 4.78 is 10.3. The number of fused-ring (bicyclic) bond motifs is 1. The van der Waals surface area contributed by atoms with Crippen LogP contribution in [0, 0.1) is 0 Å². The monoisotopic (exact) mass is 365 g/mol. The van der Waals surface area contributed by atoms with E-state index in [1.54, 1.807) is 24.3 Å². The minimum absolute atomic E-state index is 0.0996. The molecule has 3 rings (SSSR count). The highest BCUT2D eigenvalue weighted by atomic mass is 16.5. The number of benzene rings is 2. The number of rotatable bonds is 6. The Labute approximate surface area is 156 Å². The van der Waals surface area contributed by atoms with E-state index in [0.717, 1.165) is 5.56 Å². The maximum absolute atomic E-state index is 12.2. The van der Waals surface area contributed by atoms with Crippen molar-refractivity contribution in [3.05, 3.63) is 65.9 Å². The van der Waals surface area contributed by atoms with Crippen molar-refractivity contribution in [2.45, 2.75) is 13.0 Å². The van der Waals surface area contributed by atoms with Crippen LogP contribution in [-0.2, 0) is 9.53 Å². The van der Waals surface area contributed by atoms with Gasteiger partial charge in [-0.05, 0) is 18.6 Å². The van der Waals surface area contributed by atoms with Crippen molar-refractivity contribution in [2.75, 3.05) is 13.7 Å². The SMILES string of the molecule is COC(=O)c1nnc(OCC(=O)N[C@@H](C)c2ccccc2)c2ccccc12. The fraction of sp³-hybridized carbons (Fsp3) is 0.200. The quantitative estimate of drug-likeness (QED) is 0.676. The Morgan fingerprint density at radius 2 is 1.67 bits per heavy atom. The van der Waals surface area contributed by atoms with Crippen LogP contribution in [0.3, 0.4) is 0 Å². The van der Waals surface area contributed by atoms with Gasteiger partial charge >= 0.3 is 5.97 Å². The Morgan fingerprint density at radius 3 is 2.37 bits per heavy atom. The fourth-order valence-corrected chi connectivity index (χ4v) is 2.68. The number of ether oxygens (including phenoxy) is 2. The molecule has 1 atom stereocenters. The summed E-state index contributed by atoms with van der Waals surface area (Å²) in [6.07, 6.45) is 0. The highest BCUT2D eigenvalue weighted by Crippen LogP contribution is 2.25. The van der Waals surface area contributed by atoms with Crippen molar-refractivity contribution in [1.29, 1.82) is 0 Å². The molecule has 7 nitrogen and oxygen atoms in total. The average molecular weight is 365 g/mol. The number of hydrogen-bond donors (Lipinski definition) is 1. The fourth-order valence-electron chi connectivity index (χ4n) is 2.68. The summed E-state index contributed by atoms with van der Waals surface area (Å²) in [7, 11) is 1.28. The number of methoxy groups -OCH3 is 1. The van der Waals surface area contributed by atoms with E-state index in [2.05, 4.69) is 15.5 Å². The van der Waals surface area contributed by atoms with Gasteiger partial charge in [0.2, 0.25) is 5.88 Å². The maximum Gasteiger partial charge on any atom is 0.359 e. The molecule has 0 aliphatic heterocycles. The number of carbonyl (C=O) groups is 2. The molecule has 3 aromatic rings. The summed E-state index contributed by atoms with van der Waals surface area (Å²) in [4.78, 5) is 24.0. The molecule has 0 saturated carbocycles. The summed E-state index contributed by atoms with van der Waals surface area (Å²) in [6.45, 7) is 1.68. The first-order valence-electron chi connectivity index (χ1n) is 8.41. The third-order valence-electron chi connectivity index (χ3n) is 4.05. The van der Waals surface area contributed by atoms with E-state index in [1.807, 2.05) is 37.3 Å². The topological polar surface area (TPSA) is 90.4 Å². The number of aromatic nitrogens is 2. The molecular formula is C20H19N3O4. The molecule has 1 aromatic heterocycles. The van der Waals surface area contributed by atoms with Crippen LogP contribution >= 0.6 is 0 Å². The molecule has 1 N–H and O–H groups in total. The van der Waals surface area contributed by atoms with E-state index in [-0.39, 0.29) is 30.1 Å². The van der Waals surface area contributed by atoms with Crippen molar-refractivity contribution in [3.63, 3.8) is 0 Å². The molecule has 0 aliphatic carbocycles. The van der Waals surface area contributed by atoms with Crippen LogP contribution < -0.4 is 10.1 Å². The van der Waals surface area contributed by atoms with Gasteiger partial charge in [-0.2, -0.15) is 0 Å². The average Bonchev–Trinajstić information content (AvgIpc) is 2.72. The lowest BCUT2D eigenvalue weighted by molar-refractivity contribution is -0.123. The third-order valence-corrected chi connectivity index (χ3v) is 4.05. The van der Waals surface area contributed by atoms with E-state index in [0.29, 0.717) is 10.8 Å². The Hall–Kier alpha value is -3.48. The normalized spacial score (nSPS) is 11.6. The lowest BCUT2D eigenvalue weighted by Gasteiger charge is -2.15. The Kier molecular flexibility index (Phi) is 5.61. The summed E-state index contributed by atoms with van der Waals surface area (Å²) >= 11 is 0. The van der Waals surface area contributed by atoms with Crippen LogP contribution in [0.25, 0.3) is 10.8 Å². The van der Waals surface area contributed by atoms with E-state index in [1.165, 1.54) is 7.11 Å². The van der Waals surface area contributed by atoms with Crippen molar-refractivity contribution in [2.24, 2.45) is 0 Å². The molecule has 27 heavy (non-hydrogen) atoms. The highest BCUT2D eigenvalue weighted by Gasteiger charge is 2.17. The van der Waals surface area contributed by atoms with Gasteiger partial charge in [0.1, 0.15) is 0 Å². The first-order chi connectivity index (χ1) is 13.1. The Balaban J connectivity index is 1.72. The molecular weight excluding hydrogens is 346 g/mol. The molecule has 0 unspecified atom stereocenters. The molecule has 0 aliphatic rings. The zero-order valence-corrected chi connectivity index (χ0v) is 15.0. The lowest BCUT2D eigenvalue weighted by Crippen LogP contribution is -2.31. The van der Waals surface area contributed by atoms with E-state index < -0.39 is 5.97 Å². The zero-order chi connectivity index (χ0) is 19.2. The minimum atomic E-state index is -0.584. The lowest BCUT2D eigenvalue weighted by atomic mass is 10.1. The van der Waals surface area contributed by atoms with Crippen LogP contribution in [0.2, 0.25) is 0 Å². The van der Waals surface area contributed by atoms with E-state index >= 15 is 0 Å². The van der Waals surface area contributed by atoms with E-state index in [9.17, 15) is 9.59 Å². The molecule has 1 heterocycles. The van der Waals surface area contributed by atoms with Gasteiger partial charge in [-0.1, -0.05) is 48.5 Å². The molecule has 2 aromatic carbocycles. The summed E-state index contributed by atoms with van der Waals surface area (Å²) in [5, 5.41) is 11.8. The zero-order valence-electron chi connectivity index (χ0n) is 15.0. The molecule has 0 spiro atoms. The maximum atomic E-state index is 12.2. The number of esters is 1. The number of nitrogens with zero attached hydrogens (tertiary/aromatic N) is 2. The van der Waals surface area contributed by atoms with Crippen molar-refractivity contribution in [3.8, 4) is 5.88 Å². The molecule has 1 amide bonds. The smallest absolute Gasteiger partial charge is 0.359 e.